The smallest absolute Gasteiger partial charge is 0.119 e. The van der Waals surface area contributed by atoms with Gasteiger partial charge in [0.15, 0.2) is 0 Å². The molecule has 1 aliphatic carbocycles. The van der Waals surface area contributed by atoms with Gasteiger partial charge in [-0.3, -0.25) is 4.98 Å². The number of nitrogens with two attached hydrogens (primary N) is 1. The first kappa shape index (κ1) is 14.1. The number of hydrogen-bond donors (Lipinski definition) is 1. The van der Waals surface area contributed by atoms with E-state index in [0.717, 1.165) is 29.8 Å². The average molecular weight is 282 g/mol. The molecule has 3 rings (SSSR count). The van der Waals surface area contributed by atoms with Crippen molar-refractivity contribution in [2.24, 2.45) is 11.7 Å². The Hall–Kier alpha value is -1.87. The molecule has 1 saturated carbocycles. The van der Waals surface area contributed by atoms with E-state index in [0.29, 0.717) is 5.92 Å². The Morgan fingerprint density at radius 1 is 1.05 bits per heavy atom. The van der Waals surface area contributed by atoms with Crippen LogP contribution in [0.25, 0.3) is 11.1 Å². The van der Waals surface area contributed by atoms with Gasteiger partial charge >= 0.3 is 0 Å². The monoisotopic (exact) mass is 282 g/mol. The third-order valence-corrected chi connectivity index (χ3v) is 4.28. The van der Waals surface area contributed by atoms with E-state index < -0.39 is 0 Å². The van der Waals surface area contributed by atoms with Crippen molar-refractivity contribution in [3.8, 4) is 16.9 Å². The summed E-state index contributed by atoms with van der Waals surface area (Å²) >= 11 is 0. The summed E-state index contributed by atoms with van der Waals surface area (Å²) in [6.45, 7) is 0.721. The molecule has 0 saturated heterocycles. The van der Waals surface area contributed by atoms with Crippen molar-refractivity contribution < 1.29 is 4.74 Å². The highest BCUT2D eigenvalue weighted by atomic mass is 16.5. The van der Waals surface area contributed by atoms with Gasteiger partial charge in [-0.05, 0) is 55.1 Å². The van der Waals surface area contributed by atoms with Crippen molar-refractivity contribution in [1.82, 2.24) is 4.98 Å². The minimum absolute atomic E-state index is 0.271. The Balaban J connectivity index is 1.69. The summed E-state index contributed by atoms with van der Waals surface area (Å²) in [5.74, 6) is 1.43. The lowest BCUT2D eigenvalue weighted by Gasteiger charge is -2.31. The van der Waals surface area contributed by atoms with E-state index >= 15 is 0 Å². The van der Waals surface area contributed by atoms with Crippen molar-refractivity contribution in [2.75, 3.05) is 6.54 Å². The quantitative estimate of drug-likeness (QED) is 0.931. The van der Waals surface area contributed by atoms with Gasteiger partial charge in [-0.2, -0.15) is 0 Å². The summed E-state index contributed by atoms with van der Waals surface area (Å²) in [6, 6.07) is 12.3. The summed E-state index contributed by atoms with van der Waals surface area (Å²) in [5.41, 5.74) is 8.15. The minimum Gasteiger partial charge on any atom is -0.490 e. The highest BCUT2D eigenvalue weighted by Gasteiger charge is 2.25. The normalized spacial score (nSPS) is 22.0. The molecule has 2 unspecified atom stereocenters. The zero-order valence-electron chi connectivity index (χ0n) is 12.2. The van der Waals surface area contributed by atoms with Gasteiger partial charge < -0.3 is 10.5 Å². The van der Waals surface area contributed by atoms with Crippen LogP contribution in [0.4, 0.5) is 0 Å². The molecule has 0 bridgehead atoms. The van der Waals surface area contributed by atoms with Gasteiger partial charge in [0.2, 0.25) is 0 Å². The third kappa shape index (κ3) is 3.42. The number of aromatic nitrogens is 1. The summed E-state index contributed by atoms with van der Waals surface area (Å²) < 4.78 is 6.15. The van der Waals surface area contributed by atoms with E-state index in [1.165, 1.54) is 19.3 Å². The van der Waals surface area contributed by atoms with E-state index in [-0.39, 0.29) is 6.10 Å². The van der Waals surface area contributed by atoms with Gasteiger partial charge in [-0.1, -0.05) is 24.6 Å². The molecule has 0 amide bonds. The SMILES string of the molecule is NCC1CCCCC1Oc1ccc(-c2cccnc2)cc1. The second kappa shape index (κ2) is 6.72. The standard InChI is InChI=1S/C18H22N2O/c19-12-15-4-1-2-6-18(15)21-17-9-7-14(8-10-17)16-5-3-11-20-13-16/h3,5,7-11,13,15,18H,1-2,4,6,12,19H2. The highest BCUT2D eigenvalue weighted by Crippen LogP contribution is 2.29. The number of hydrogen-bond acceptors (Lipinski definition) is 3. The predicted octanol–water partition coefficient (Wildman–Crippen LogP) is 3.64. The number of pyridine rings is 1. The molecule has 1 heterocycles. The first-order chi connectivity index (χ1) is 10.4. The van der Waals surface area contributed by atoms with E-state index in [4.69, 9.17) is 10.5 Å². The molecule has 2 atom stereocenters. The molecule has 21 heavy (non-hydrogen) atoms. The zero-order valence-corrected chi connectivity index (χ0v) is 12.2. The fraction of sp³-hybridized carbons (Fsp3) is 0.389. The average Bonchev–Trinajstić information content (AvgIpc) is 2.57. The topological polar surface area (TPSA) is 48.1 Å². The van der Waals surface area contributed by atoms with Crippen LogP contribution in [-0.4, -0.2) is 17.6 Å². The van der Waals surface area contributed by atoms with Gasteiger partial charge in [-0.15, -0.1) is 0 Å². The number of benzene rings is 1. The van der Waals surface area contributed by atoms with E-state index in [9.17, 15) is 0 Å². The molecular weight excluding hydrogens is 260 g/mol. The third-order valence-electron chi connectivity index (χ3n) is 4.28. The van der Waals surface area contributed by atoms with Gasteiger partial charge in [0.25, 0.3) is 0 Å². The molecule has 1 aromatic carbocycles. The van der Waals surface area contributed by atoms with Crippen molar-refractivity contribution in [1.29, 1.82) is 0 Å². The van der Waals surface area contributed by atoms with Crippen LogP contribution in [0.5, 0.6) is 5.75 Å². The van der Waals surface area contributed by atoms with Gasteiger partial charge in [0, 0.05) is 18.3 Å². The molecule has 1 fully saturated rings. The molecule has 0 spiro atoms. The Morgan fingerprint density at radius 3 is 2.57 bits per heavy atom. The lowest BCUT2D eigenvalue weighted by Crippen LogP contribution is -2.35. The van der Waals surface area contributed by atoms with Crippen LogP contribution in [0.2, 0.25) is 0 Å². The van der Waals surface area contributed by atoms with Crippen molar-refractivity contribution in [2.45, 2.75) is 31.8 Å². The van der Waals surface area contributed by atoms with Crippen LogP contribution in [0, 0.1) is 5.92 Å². The molecule has 0 aliphatic heterocycles. The summed E-state index contributed by atoms with van der Waals surface area (Å²) in [6.07, 6.45) is 8.77. The van der Waals surface area contributed by atoms with E-state index in [1.54, 1.807) is 6.20 Å². The maximum absolute atomic E-state index is 6.15. The number of rotatable bonds is 4. The number of ether oxygens (including phenoxy) is 1. The second-order valence-electron chi connectivity index (χ2n) is 5.70. The zero-order chi connectivity index (χ0) is 14.5. The van der Waals surface area contributed by atoms with Crippen LogP contribution < -0.4 is 10.5 Å². The van der Waals surface area contributed by atoms with E-state index in [2.05, 4.69) is 23.2 Å². The van der Waals surface area contributed by atoms with E-state index in [1.807, 2.05) is 24.4 Å². The maximum atomic E-state index is 6.15. The van der Waals surface area contributed by atoms with Crippen molar-refractivity contribution in [3.63, 3.8) is 0 Å². The van der Waals surface area contributed by atoms with Gasteiger partial charge in [0.05, 0.1) is 0 Å². The van der Waals surface area contributed by atoms with Gasteiger partial charge in [-0.25, -0.2) is 0 Å². The van der Waals surface area contributed by atoms with Crippen molar-refractivity contribution >= 4 is 0 Å². The second-order valence-corrected chi connectivity index (χ2v) is 5.70. The molecule has 3 nitrogen and oxygen atoms in total. The Kier molecular flexibility index (Phi) is 4.51. The van der Waals surface area contributed by atoms with Crippen LogP contribution in [-0.2, 0) is 0 Å². The van der Waals surface area contributed by atoms with Crippen molar-refractivity contribution in [3.05, 3.63) is 48.8 Å². The highest BCUT2D eigenvalue weighted by molar-refractivity contribution is 5.62. The van der Waals surface area contributed by atoms with Crippen LogP contribution in [0.3, 0.4) is 0 Å². The molecule has 2 aromatic rings. The molecular formula is C18H22N2O. The first-order valence-corrected chi connectivity index (χ1v) is 7.74. The molecule has 2 N–H and O–H groups in total. The Labute approximate surface area is 126 Å². The molecule has 1 aliphatic rings. The molecule has 3 heteroatoms. The summed E-state index contributed by atoms with van der Waals surface area (Å²) in [4.78, 5) is 4.15. The molecule has 0 radical (unpaired) electrons. The summed E-state index contributed by atoms with van der Waals surface area (Å²) in [7, 11) is 0. The van der Waals surface area contributed by atoms with Crippen LogP contribution in [0.1, 0.15) is 25.7 Å². The first-order valence-electron chi connectivity index (χ1n) is 7.74. The van der Waals surface area contributed by atoms with Crippen LogP contribution >= 0.6 is 0 Å². The summed E-state index contributed by atoms with van der Waals surface area (Å²) in [5, 5.41) is 0. The Bertz CT molecular complexity index is 553. The maximum Gasteiger partial charge on any atom is 0.119 e. The lowest BCUT2D eigenvalue weighted by atomic mass is 9.86. The van der Waals surface area contributed by atoms with Crippen LogP contribution in [0.15, 0.2) is 48.8 Å². The fourth-order valence-electron chi connectivity index (χ4n) is 3.03. The fourth-order valence-corrected chi connectivity index (χ4v) is 3.03. The van der Waals surface area contributed by atoms with Gasteiger partial charge in [0.1, 0.15) is 11.9 Å². The minimum atomic E-state index is 0.271. The predicted molar refractivity (Wildman–Crippen MR) is 85.1 cm³/mol. The molecule has 1 aromatic heterocycles. The Morgan fingerprint density at radius 2 is 1.86 bits per heavy atom. The number of nitrogens with zero attached hydrogens (tertiary/aromatic N) is 1. The molecule has 110 valence electrons. The lowest BCUT2D eigenvalue weighted by molar-refractivity contribution is 0.0970. The largest absolute Gasteiger partial charge is 0.490 e.